The van der Waals surface area contributed by atoms with E-state index in [9.17, 15) is 12.8 Å². The van der Waals surface area contributed by atoms with Crippen molar-refractivity contribution in [3.05, 3.63) is 29.1 Å². The van der Waals surface area contributed by atoms with Gasteiger partial charge in [0.2, 0.25) is 10.0 Å². The fourth-order valence-electron chi connectivity index (χ4n) is 2.72. The fraction of sp³-hybridized carbons (Fsp3) is 0.571. The zero-order valence-corrected chi connectivity index (χ0v) is 12.6. The van der Waals surface area contributed by atoms with Crippen LogP contribution in [0.3, 0.4) is 0 Å². The lowest BCUT2D eigenvalue weighted by Crippen LogP contribution is -2.43. The molecule has 1 saturated carbocycles. The van der Waals surface area contributed by atoms with Crippen molar-refractivity contribution in [1.29, 1.82) is 0 Å². The number of sulfonamides is 1. The minimum Gasteiger partial charge on any atom is -0.392 e. The quantitative estimate of drug-likeness (QED) is 0.896. The first-order chi connectivity index (χ1) is 9.27. The second-order valence-corrected chi connectivity index (χ2v) is 7.43. The van der Waals surface area contributed by atoms with E-state index >= 15 is 0 Å². The molecule has 1 fully saturated rings. The highest BCUT2D eigenvalue weighted by atomic mass is 32.2. The number of hydrogen-bond donors (Lipinski definition) is 2. The van der Waals surface area contributed by atoms with Gasteiger partial charge < -0.3 is 5.11 Å². The van der Waals surface area contributed by atoms with Gasteiger partial charge in [-0.15, -0.1) is 0 Å². The van der Waals surface area contributed by atoms with Crippen molar-refractivity contribution in [2.75, 3.05) is 0 Å². The molecule has 0 heterocycles. The van der Waals surface area contributed by atoms with Crippen LogP contribution in [0.1, 0.15) is 43.7 Å². The molecule has 0 unspecified atom stereocenters. The maximum atomic E-state index is 13.7. The van der Waals surface area contributed by atoms with Gasteiger partial charge in [-0.2, -0.15) is 0 Å². The van der Waals surface area contributed by atoms with Crippen LogP contribution < -0.4 is 4.72 Å². The number of aliphatic hydroxyl groups excluding tert-OH is 1. The van der Waals surface area contributed by atoms with E-state index in [1.54, 1.807) is 0 Å². The molecule has 0 spiro atoms. The van der Waals surface area contributed by atoms with E-state index < -0.39 is 28.0 Å². The van der Waals surface area contributed by atoms with Crippen LogP contribution in [0, 0.1) is 12.7 Å². The summed E-state index contributed by atoms with van der Waals surface area (Å²) in [5.74, 6) is -0.557. The molecular weight excluding hydrogens is 281 g/mol. The van der Waals surface area contributed by atoms with Crippen molar-refractivity contribution < 1.29 is 17.9 Å². The van der Waals surface area contributed by atoms with Crippen molar-refractivity contribution in [3.63, 3.8) is 0 Å². The fourth-order valence-corrected chi connectivity index (χ4v) is 4.32. The summed E-state index contributed by atoms with van der Waals surface area (Å²) in [5.41, 5.74) is -0.212. The Labute approximate surface area is 119 Å². The first-order valence-electron chi connectivity index (χ1n) is 6.71. The molecule has 0 aliphatic heterocycles. The Morgan fingerprint density at radius 1 is 1.35 bits per heavy atom. The Morgan fingerprint density at radius 3 is 2.50 bits per heavy atom. The maximum Gasteiger partial charge on any atom is 0.241 e. The maximum absolute atomic E-state index is 13.7. The van der Waals surface area contributed by atoms with Gasteiger partial charge in [0, 0.05) is 11.1 Å². The molecule has 0 saturated heterocycles. The van der Waals surface area contributed by atoms with Crippen LogP contribution in [-0.2, 0) is 16.6 Å². The van der Waals surface area contributed by atoms with Gasteiger partial charge in [0.25, 0.3) is 0 Å². The molecule has 0 amide bonds. The van der Waals surface area contributed by atoms with Crippen LogP contribution >= 0.6 is 0 Å². The van der Waals surface area contributed by atoms with Gasteiger partial charge in [0.05, 0.1) is 11.5 Å². The first-order valence-corrected chi connectivity index (χ1v) is 8.20. The molecule has 2 N–H and O–H groups in total. The second kappa shape index (κ2) is 5.42. The van der Waals surface area contributed by atoms with Crippen molar-refractivity contribution in [2.45, 2.75) is 56.6 Å². The summed E-state index contributed by atoms with van der Waals surface area (Å²) in [7, 11) is -3.70. The molecule has 6 heteroatoms. The third-order valence-electron chi connectivity index (χ3n) is 3.87. The summed E-state index contributed by atoms with van der Waals surface area (Å²) < 4.78 is 41.2. The molecule has 1 aliphatic carbocycles. The largest absolute Gasteiger partial charge is 0.392 e. The number of aryl methyl sites for hydroxylation is 1. The third-order valence-corrected chi connectivity index (χ3v) is 5.49. The highest BCUT2D eigenvalue weighted by molar-refractivity contribution is 7.89. The minimum absolute atomic E-state index is 0.00181. The topological polar surface area (TPSA) is 66.4 Å². The molecule has 0 radical (unpaired) electrons. The summed E-state index contributed by atoms with van der Waals surface area (Å²) in [5, 5.41) is 9.11. The second-order valence-electron chi connectivity index (χ2n) is 5.74. The molecule has 0 atom stereocenters. The number of aliphatic hydroxyl groups is 1. The van der Waals surface area contributed by atoms with Crippen LogP contribution in [0.2, 0.25) is 0 Å². The molecule has 4 nitrogen and oxygen atoms in total. The first kappa shape index (κ1) is 15.4. The molecule has 2 rings (SSSR count). The lowest BCUT2D eigenvalue weighted by atomic mass is 10.0. The average Bonchev–Trinajstić information content (AvgIpc) is 2.77. The van der Waals surface area contributed by atoms with Gasteiger partial charge in [0.1, 0.15) is 5.82 Å². The Morgan fingerprint density at radius 2 is 1.95 bits per heavy atom. The number of nitrogens with one attached hydrogen (secondary N) is 1. The van der Waals surface area contributed by atoms with Crippen molar-refractivity contribution >= 4 is 10.0 Å². The molecule has 20 heavy (non-hydrogen) atoms. The van der Waals surface area contributed by atoms with E-state index in [0.29, 0.717) is 0 Å². The normalized spacial score (nSPS) is 18.4. The number of hydrogen-bond acceptors (Lipinski definition) is 3. The van der Waals surface area contributed by atoms with Crippen LogP contribution in [-0.4, -0.2) is 19.1 Å². The number of benzene rings is 1. The molecule has 0 aromatic heterocycles. The smallest absolute Gasteiger partial charge is 0.241 e. The van der Waals surface area contributed by atoms with Gasteiger partial charge in [0.15, 0.2) is 0 Å². The average molecular weight is 301 g/mol. The highest BCUT2D eigenvalue weighted by Gasteiger charge is 2.33. The van der Waals surface area contributed by atoms with Gasteiger partial charge in [-0.3, -0.25) is 0 Å². The van der Waals surface area contributed by atoms with E-state index in [1.807, 2.05) is 6.92 Å². The third kappa shape index (κ3) is 3.02. The number of rotatable bonds is 4. The van der Waals surface area contributed by atoms with Gasteiger partial charge in [-0.1, -0.05) is 12.8 Å². The predicted octanol–water partition coefficient (Wildman–Crippen LogP) is 2.24. The van der Waals surface area contributed by atoms with Crippen LogP contribution in [0.4, 0.5) is 4.39 Å². The lowest BCUT2D eigenvalue weighted by Gasteiger charge is -2.25. The van der Waals surface area contributed by atoms with Crippen molar-refractivity contribution in [1.82, 2.24) is 4.72 Å². The summed E-state index contributed by atoms with van der Waals surface area (Å²) in [6.07, 6.45) is 3.62. The Balaban J connectivity index is 2.37. The SMILES string of the molecule is Cc1cc(S(=O)(=O)NC2(C)CCCC2)cc(CO)c1F. The van der Waals surface area contributed by atoms with Crippen molar-refractivity contribution in [3.8, 4) is 0 Å². The summed E-state index contributed by atoms with van der Waals surface area (Å²) in [6.45, 7) is 2.86. The van der Waals surface area contributed by atoms with E-state index in [0.717, 1.165) is 25.7 Å². The molecular formula is C14H20FNO3S. The summed E-state index contributed by atoms with van der Waals surface area (Å²) >= 11 is 0. The van der Waals surface area contributed by atoms with Crippen LogP contribution in [0.15, 0.2) is 17.0 Å². The van der Waals surface area contributed by atoms with E-state index in [4.69, 9.17) is 5.11 Å². The summed E-state index contributed by atoms with van der Waals surface area (Å²) in [4.78, 5) is 0.00794. The highest BCUT2D eigenvalue weighted by Crippen LogP contribution is 2.31. The van der Waals surface area contributed by atoms with Crippen LogP contribution in [0.25, 0.3) is 0 Å². The molecule has 112 valence electrons. The van der Waals surface area contributed by atoms with E-state index in [-0.39, 0.29) is 16.0 Å². The zero-order valence-electron chi connectivity index (χ0n) is 11.7. The van der Waals surface area contributed by atoms with E-state index in [1.165, 1.54) is 19.1 Å². The Bertz CT molecular complexity index is 607. The van der Waals surface area contributed by atoms with E-state index in [2.05, 4.69) is 4.72 Å². The van der Waals surface area contributed by atoms with Gasteiger partial charge in [-0.05, 0) is 44.4 Å². The molecule has 1 aromatic carbocycles. The Kier molecular flexibility index (Phi) is 4.18. The lowest BCUT2D eigenvalue weighted by molar-refractivity contribution is 0.275. The Hall–Kier alpha value is -0.980. The zero-order chi connectivity index (χ0) is 15.0. The minimum atomic E-state index is -3.70. The van der Waals surface area contributed by atoms with Gasteiger partial charge >= 0.3 is 0 Å². The van der Waals surface area contributed by atoms with Crippen LogP contribution in [0.5, 0.6) is 0 Å². The van der Waals surface area contributed by atoms with Crippen molar-refractivity contribution in [2.24, 2.45) is 0 Å². The molecule has 0 bridgehead atoms. The monoisotopic (exact) mass is 301 g/mol. The standard InChI is InChI=1S/C14H20FNO3S/c1-10-7-12(8-11(9-17)13(10)15)20(18,19)16-14(2)5-3-4-6-14/h7-8,16-17H,3-6,9H2,1-2H3. The summed E-state index contributed by atoms with van der Waals surface area (Å²) in [6, 6.07) is 2.50. The predicted molar refractivity (Wildman–Crippen MR) is 74.3 cm³/mol. The molecule has 1 aromatic rings. The number of halogens is 1. The van der Waals surface area contributed by atoms with Gasteiger partial charge in [-0.25, -0.2) is 17.5 Å². The molecule has 1 aliphatic rings.